The molecule has 0 aromatic carbocycles. The van der Waals surface area contributed by atoms with Crippen LogP contribution in [-0.4, -0.2) is 22.6 Å². The van der Waals surface area contributed by atoms with Gasteiger partial charge in [0.25, 0.3) is 5.92 Å². The molecule has 0 amide bonds. The van der Waals surface area contributed by atoms with E-state index >= 15 is 0 Å². The molecular formula is C8H9BrF2N2O. The lowest BCUT2D eigenvalue weighted by Crippen LogP contribution is -2.36. The van der Waals surface area contributed by atoms with Crippen molar-refractivity contribution in [2.45, 2.75) is 12.0 Å². The highest BCUT2D eigenvalue weighted by atomic mass is 79.9. The first-order chi connectivity index (χ1) is 6.47. The van der Waals surface area contributed by atoms with Crippen molar-refractivity contribution in [1.29, 1.82) is 0 Å². The molecule has 14 heavy (non-hydrogen) atoms. The molecule has 0 saturated carbocycles. The zero-order valence-corrected chi connectivity index (χ0v) is 8.71. The second-order valence-electron chi connectivity index (χ2n) is 2.80. The van der Waals surface area contributed by atoms with Crippen molar-refractivity contribution in [3.63, 3.8) is 0 Å². The Hall–Kier alpha value is -0.590. The van der Waals surface area contributed by atoms with Crippen LogP contribution < -0.4 is 5.73 Å². The average molecular weight is 267 g/mol. The van der Waals surface area contributed by atoms with Crippen LogP contribution in [0.15, 0.2) is 22.8 Å². The van der Waals surface area contributed by atoms with E-state index in [2.05, 4.69) is 20.9 Å². The lowest BCUT2D eigenvalue weighted by Gasteiger charge is -2.20. The summed E-state index contributed by atoms with van der Waals surface area (Å²) in [4.78, 5) is 3.73. The summed E-state index contributed by atoms with van der Waals surface area (Å²) in [5.74, 6) is -3.35. The van der Waals surface area contributed by atoms with Crippen LogP contribution in [0.2, 0.25) is 0 Å². The minimum atomic E-state index is -3.35. The van der Waals surface area contributed by atoms with E-state index in [1.54, 1.807) is 6.07 Å². The van der Waals surface area contributed by atoms with Crippen molar-refractivity contribution in [1.82, 2.24) is 4.98 Å². The topological polar surface area (TPSA) is 59.1 Å². The largest absolute Gasteiger partial charge is 0.390 e. The SMILES string of the molecule is NC(c1ccc(Br)cn1)C(F)(F)CO. The number of alkyl halides is 2. The summed E-state index contributed by atoms with van der Waals surface area (Å²) in [5.41, 5.74) is 5.29. The number of pyridine rings is 1. The minimum Gasteiger partial charge on any atom is -0.390 e. The van der Waals surface area contributed by atoms with Crippen LogP contribution in [0.1, 0.15) is 11.7 Å². The molecule has 0 spiro atoms. The van der Waals surface area contributed by atoms with Crippen molar-refractivity contribution in [2.24, 2.45) is 5.73 Å². The standard InChI is InChI=1S/C8H9BrF2N2O/c9-5-1-2-6(13-3-5)7(12)8(10,11)4-14/h1-3,7,14H,4,12H2. The Morgan fingerprint density at radius 3 is 2.64 bits per heavy atom. The number of nitrogens with two attached hydrogens (primary N) is 1. The molecule has 78 valence electrons. The summed E-state index contributed by atoms with van der Waals surface area (Å²) >= 11 is 3.12. The molecule has 0 fully saturated rings. The summed E-state index contributed by atoms with van der Waals surface area (Å²) in [6.45, 7) is -1.29. The molecule has 6 heteroatoms. The lowest BCUT2D eigenvalue weighted by molar-refractivity contribution is -0.0721. The van der Waals surface area contributed by atoms with Crippen molar-refractivity contribution < 1.29 is 13.9 Å². The monoisotopic (exact) mass is 266 g/mol. The summed E-state index contributed by atoms with van der Waals surface area (Å²) < 4.78 is 26.5. The highest BCUT2D eigenvalue weighted by molar-refractivity contribution is 9.10. The third-order valence-electron chi connectivity index (χ3n) is 1.73. The molecule has 0 aliphatic heterocycles. The Bertz CT molecular complexity index is 305. The summed E-state index contributed by atoms with van der Waals surface area (Å²) in [6, 6.07) is 1.37. The Labute approximate surface area is 88.1 Å². The molecule has 3 nitrogen and oxygen atoms in total. The Morgan fingerprint density at radius 1 is 1.57 bits per heavy atom. The molecule has 0 aliphatic rings. The zero-order valence-electron chi connectivity index (χ0n) is 7.12. The van der Waals surface area contributed by atoms with Crippen molar-refractivity contribution >= 4 is 15.9 Å². The van der Waals surface area contributed by atoms with E-state index in [0.29, 0.717) is 4.47 Å². The number of hydrogen-bond donors (Lipinski definition) is 2. The van der Waals surface area contributed by atoms with Gasteiger partial charge in [-0.2, -0.15) is 0 Å². The Balaban J connectivity index is 2.89. The van der Waals surface area contributed by atoms with Crippen LogP contribution in [0, 0.1) is 0 Å². The van der Waals surface area contributed by atoms with Gasteiger partial charge in [0.15, 0.2) is 0 Å². The van der Waals surface area contributed by atoms with Gasteiger partial charge in [0.05, 0.1) is 5.69 Å². The maximum atomic E-state index is 12.9. The van der Waals surface area contributed by atoms with Gasteiger partial charge in [-0.3, -0.25) is 4.98 Å². The number of aliphatic hydroxyl groups is 1. The highest BCUT2D eigenvalue weighted by Gasteiger charge is 2.38. The maximum Gasteiger partial charge on any atom is 0.291 e. The van der Waals surface area contributed by atoms with Crippen LogP contribution in [0.3, 0.4) is 0 Å². The summed E-state index contributed by atoms with van der Waals surface area (Å²) in [6.07, 6.45) is 1.38. The fourth-order valence-corrected chi connectivity index (χ4v) is 1.12. The van der Waals surface area contributed by atoms with E-state index in [9.17, 15) is 8.78 Å². The van der Waals surface area contributed by atoms with E-state index < -0.39 is 18.6 Å². The van der Waals surface area contributed by atoms with Gasteiger partial charge in [-0.15, -0.1) is 0 Å². The van der Waals surface area contributed by atoms with Gasteiger partial charge >= 0.3 is 0 Å². The van der Waals surface area contributed by atoms with Crippen LogP contribution in [0.25, 0.3) is 0 Å². The number of hydrogen-bond acceptors (Lipinski definition) is 3. The molecule has 0 saturated heterocycles. The van der Waals surface area contributed by atoms with Crippen LogP contribution in [-0.2, 0) is 0 Å². The molecule has 1 aromatic rings. The van der Waals surface area contributed by atoms with E-state index in [1.165, 1.54) is 12.3 Å². The summed E-state index contributed by atoms with van der Waals surface area (Å²) in [5, 5.41) is 8.41. The number of halogens is 3. The summed E-state index contributed by atoms with van der Waals surface area (Å²) in [7, 11) is 0. The fourth-order valence-electron chi connectivity index (χ4n) is 0.886. The number of rotatable bonds is 3. The quantitative estimate of drug-likeness (QED) is 0.871. The van der Waals surface area contributed by atoms with Crippen molar-refractivity contribution in [3.8, 4) is 0 Å². The first kappa shape index (κ1) is 11.5. The fraction of sp³-hybridized carbons (Fsp3) is 0.375. The van der Waals surface area contributed by atoms with Gasteiger partial charge in [0.2, 0.25) is 0 Å². The molecular weight excluding hydrogens is 258 g/mol. The first-order valence-corrected chi connectivity index (χ1v) is 4.62. The van der Waals surface area contributed by atoms with Crippen molar-refractivity contribution in [2.75, 3.05) is 6.61 Å². The van der Waals surface area contributed by atoms with E-state index in [1.807, 2.05) is 0 Å². The normalized spacial score (nSPS) is 14.1. The molecule has 0 aliphatic carbocycles. The Morgan fingerprint density at radius 2 is 2.21 bits per heavy atom. The smallest absolute Gasteiger partial charge is 0.291 e. The molecule has 1 rings (SSSR count). The van der Waals surface area contributed by atoms with E-state index in [-0.39, 0.29) is 5.69 Å². The number of aliphatic hydroxyl groups excluding tert-OH is 1. The minimum absolute atomic E-state index is 0.0484. The van der Waals surface area contributed by atoms with Crippen LogP contribution >= 0.6 is 15.9 Å². The molecule has 1 aromatic heterocycles. The van der Waals surface area contributed by atoms with E-state index in [0.717, 1.165) is 0 Å². The Kier molecular flexibility index (Phi) is 3.52. The van der Waals surface area contributed by atoms with Crippen molar-refractivity contribution in [3.05, 3.63) is 28.5 Å². The molecule has 0 radical (unpaired) electrons. The third kappa shape index (κ3) is 2.46. The lowest BCUT2D eigenvalue weighted by atomic mass is 10.1. The van der Waals surface area contributed by atoms with Gasteiger partial charge in [-0.25, -0.2) is 8.78 Å². The number of aromatic nitrogens is 1. The molecule has 1 atom stereocenters. The molecule has 0 bridgehead atoms. The molecule has 1 unspecified atom stereocenters. The maximum absolute atomic E-state index is 12.9. The van der Waals surface area contributed by atoms with Gasteiger partial charge in [-0.1, -0.05) is 0 Å². The van der Waals surface area contributed by atoms with Gasteiger partial charge < -0.3 is 10.8 Å². The van der Waals surface area contributed by atoms with Gasteiger partial charge in [0, 0.05) is 10.7 Å². The van der Waals surface area contributed by atoms with Gasteiger partial charge in [0.1, 0.15) is 12.6 Å². The van der Waals surface area contributed by atoms with Crippen LogP contribution in [0.5, 0.6) is 0 Å². The zero-order chi connectivity index (χ0) is 10.8. The molecule has 3 N–H and O–H groups in total. The van der Waals surface area contributed by atoms with E-state index in [4.69, 9.17) is 10.8 Å². The van der Waals surface area contributed by atoms with Crippen LogP contribution in [0.4, 0.5) is 8.78 Å². The second-order valence-corrected chi connectivity index (χ2v) is 3.71. The first-order valence-electron chi connectivity index (χ1n) is 3.83. The average Bonchev–Trinajstić information content (AvgIpc) is 2.18. The number of nitrogens with zero attached hydrogens (tertiary/aromatic N) is 1. The highest BCUT2D eigenvalue weighted by Crippen LogP contribution is 2.27. The molecule has 1 heterocycles. The predicted octanol–water partition coefficient (Wildman–Crippen LogP) is 1.47. The predicted molar refractivity (Wildman–Crippen MR) is 50.9 cm³/mol. The second kappa shape index (κ2) is 4.29. The third-order valence-corrected chi connectivity index (χ3v) is 2.20. The van der Waals surface area contributed by atoms with Gasteiger partial charge in [-0.05, 0) is 28.1 Å².